The number of aromatic nitrogens is 2. The first-order valence-corrected chi connectivity index (χ1v) is 5.01. The topological polar surface area (TPSA) is 55.0 Å². The second-order valence-electron chi connectivity index (χ2n) is 4.00. The fourth-order valence-electron chi connectivity index (χ4n) is 1.76. The zero-order valence-electron chi connectivity index (χ0n) is 8.70. The largest absolute Gasteiger partial charge is 0.382 e. The molecule has 0 bridgehead atoms. The molecule has 0 saturated heterocycles. The highest BCUT2D eigenvalue weighted by Gasteiger charge is 2.20. The molecule has 1 aliphatic rings. The zero-order chi connectivity index (χ0) is 10.1. The lowest BCUT2D eigenvalue weighted by Crippen LogP contribution is -2.36. The van der Waals surface area contributed by atoms with Crippen molar-refractivity contribution >= 4 is 5.82 Å². The summed E-state index contributed by atoms with van der Waals surface area (Å²) in [5.41, 5.74) is 7.74. The molecule has 2 rings (SSSR count). The molecule has 2 N–H and O–H groups in total. The van der Waals surface area contributed by atoms with E-state index in [0.29, 0.717) is 11.9 Å². The van der Waals surface area contributed by atoms with Gasteiger partial charge in [-0.1, -0.05) is 0 Å². The predicted octanol–water partition coefficient (Wildman–Crippen LogP) is 0.825. The van der Waals surface area contributed by atoms with Gasteiger partial charge in [0.15, 0.2) is 0 Å². The van der Waals surface area contributed by atoms with Crippen LogP contribution >= 0.6 is 0 Å². The van der Waals surface area contributed by atoms with Crippen molar-refractivity contribution < 1.29 is 0 Å². The summed E-state index contributed by atoms with van der Waals surface area (Å²) >= 11 is 0. The van der Waals surface area contributed by atoms with Crippen LogP contribution in [0.5, 0.6) is 0 Å². The first-order valence-electron chi connectivity index (χ1n) is 5.01. The van der Waals surface area contributed by atoms with Crippen LogP contribution in [-0.4, -0.2) is 27.5 Å². The Bertz CT molecular complexity index is 335. The Hall–Kier alpha value is -1.16. The van der Waals surface area contributed by atoms with Crippen molar-refractivity contribution in [2.45, 2.75) is 32.9 Å². The number of nitrogens with zero attached hydrogens (tertiary/aromatic N) is 3. The molecule has 0 amide bonds. The molecule has 14 heavy (non-hydrogen) atoms. The molecule has 0 atom stereocenters. The van der Waals surface area contributed by atoms with Gasteiger partial charge in [-0.05, 0) is 13.8 Å². The maximum atomic E-state index is 5.59. The van der Waals surface area contributed by atoms with Crippen molar-refractivity contribution in [2.75, 3.05) is 12.3 Å². The molecule has 76 valence electrons. The Labute approximate surface area is 84.2 Å². The minimum atomic E-state index is 0.529. The third-order valence-electron chi connectivity index (χ3n) is 2.67. The molecule has 4 nitrogen and oxygen atoms in total. The Morgan fingerprint density at radius 2 is 2.21 bits per heavy atom. The summed E-state index contributed by atoms with van der Waals surface area (Å²) < 4.78 is 0. The fourth-order valence-corrected chi connectivity index (χ4v) is 1.76. The SMILES string of the molecule is CC(C)N1CCc2nc(N)cnc2C1. The van der Waals surface area contributed by atoms with Crippen molar-refractivity contribution in [2.24, 2.45) is 0 Å². The normalized spacial score (nSPS) is 17.1. The predicted molar refractivity (Wildman–Crippen MR) is 55.7 cm³/mol. The highest BCUT2D eigenvalue weighted by Crippen LogP contribution is 2.17. The van der Waals surface area contributed by atoms with Gasteiger partial charge in [-0.15, -0.1) is 0 Å². The van der Waals surface area contributed by atoms with E-state index >= 15 is 0 Å². The van der Waals surface area contributed by atoms with Crippen LogP contribution in [0.3, 0.4) is 0 Å². The van der Waals surface area contributed by atoms with Crippen LogP contribution in [0.25, 0.3) is 0 Å². The van der Waals surface area contributed by atoms with Crippen LogP contribution in [0.4, 0.5) is 5.82 Å². The number of nitrogens with two attached hydrogens (primary N) is 1. The molecular weight excluding hydrogens is 176 g/mol. The summed E-state index contributed by atoms with van der Waals surface area (Å²) in [6, 6.07) is 0.572. The van der Waals surface area contributed by atoms with Gasteiger partial charge in [0.05, 0.1) is 17.6 Å². The van der Waals surface area contributed by atoms with Crippen LogP contribution in [0.1, 0.15) is 25.2 Å². The Morgan fingerprint density at radius 3 is 2.93 bits per heavy atom. The smallest absolute Gasteiger partial charge is 0.142 e. The monoisotopic (exact) mass is 192 g/mol. The highest BCUT2D eigenvalue weighted by molar-refractivity contribution is 5.28. The maximum absolute atomic E-state index is 5.59. The number of hydrogen-bond donors (Lipinski definition) is 1. The molecule has 2 heterocycles. The third-order valence-corrected chi connectivity index (χ3v) is 2.67. The van der Waals surface area contributed by atoms with Crippen molar-refractivity contribution in [3.8, 4) is 0 Å². The first kappa shape index (κ1) is 9.40. The Kier molecular flexibility index (Phi) is 2.37. The summed E-state index contributed by atoms with van der Waals surface area (Å²) in [7, 11) is 0. The number of rotatable bonds is 1. The summed E-state index contributed by atoms with van der Waals surface area (Å²) in [6.07, 6.45) is 2.61. The number of nitrogen functional groups attached to an aromatic ring is 1. The van der Waals surface area contributed by atoms with Gasteiger partial charge in [0.2, 0.25) is 0 Å². The van der Waals surface area contributed by atoms with Gasteiger partial charge in [-0.3, -0.25) is 9.88 Å². The minimum Gasteiger partial charge on any atom is -0.382 e. The van der Waals surface area contributed by atoms with E-state index in [1.807, 2.05) is 0 Å². The lowest BCUT2D eigenvalue weighted by Gasteiger charge is -2.30. The van der Waals surface area contributed by atoms with Crippen LogP contribution < -0.4 is 5.73 Å². The van der Waals surface area contributed by atoms with Gasteiger partial charge in [0.25, 0.3) is 0 Å². The molecule has 0 spiro atoms. The molecule has 1 aromatic rings. The van der Waals surface area contributed by atoms with Gasteiger partial charge in [0.1, 0.15) is 5.82 Å². The standard InChI is InChI=1S/C10H16N4/c1-7(2)14-4-3-8-9(6-14)12-5-10(11)13-8/h5,7H,3-4,6H2,1-2H3,(H2,11,13). The van der Waals surface area contributed by atoms with E-state index in [1.54, 1.807) is 6.20 Å². The molecule has 0 aliphatic carbocycles. The summed E-state index contributed by atoms with van der Waals surface area (Å²) in [4.78, 5) is 11.0. The molecule has 0 aromatic carbocycles. The van der Waals surface area contributed by atoms with Crippen molar-refractivity contribution in [3.05, 3.63) is 17.6 Å². The van der Waals surface area contributed by atoms with Gasteiger partial charge >= 0.3 is 0 Å². The zero-order valence-corrected chi connectivity index (χ0v) is 8.70. The summed E-state index contributed by atoms with van der Waals surface area (Å²) in [5.74, 6) is 0.529. The van der Waals surface area contributed by atoms with Crippen LogP contribution in [0.2, 0.25) is 0 Å². The lowest BCUT2D eigenvalue weighted by atomic mass is 10.1. The van der Waals surface area contributed by atoms with E-state index < -0.39 is 0 Å². The van der Waals surface area contributed by atoms with Gasteiger partial charge < -0.3 is 5.73 Å². The van der Waals surface area contributed by atoms with Gasteiger partial charge in [0, 0.05) is 25.6 Å². The van der Waals surface area contributed by atoms with E-state index in [9.17, 15) is 0 Å². The highest BCUT2D eigenvalue weighted by atomic mass is 15.2. The average molecular weight is 192 g/mol. The minimum absolute atomic E-state index is 0.529. The van der Waals surface area contributed by atoms with Crippen molar-refractivity contribution in [1.82, 2.24) is 14.9 Å². The molecule has 0 radical (unpaired) electrons. The quantitative estimate of drug-likeness (QED) is 0.716. The van der Waals surface area contributed by atoms with Gasteiger partial charge in [-0.2, -0.15) is 0 Å². The Morgan fingerprint density at radius 1 is 1.43 bits per heavy atom. The van der Waals surface area contributed by atoms with Crippen LogP contribution in [-0.2, 0) is 13.0 Å². The first-order chi connectivity index (χ1) is 6.66. The second-order valence-corrected chi connectivity index (χ2v) is 4.00. The molecule has 0 unspecified atom stereocenters. The maximum Gasteiger partial charge on any atom is 0.142 e. The number of hydrogen-bond acceptors (Lipinski definition) is 4. The van der Waals surface area contributed by atoms with Crippen molar-refractivity contribution in [1.29, 1.82) is 0 Å². The number of anilines is 1. The molecule has 1 aromatic heterocycles. The fraction of sp³-hybridized carbons (Fsp3) is 0.600. The van der Waals surface area contributed by atoms with E-state index in [4.69, 9.17) is 5.73 Å². The van der Waals surface area contributed by atoms with Crippen LogP contribution in [0, 0.1) is 0 Å². The van der Waals surface area contributed by atoms with E-state index in [0.717, 1.165) is 30.9 Å². The van der Waals surface area contributed by atoms with Crippen LogP contribution in [0.15, 0.2) is 6.20 Å². The van der Waals surface area contributed by atoms with Crippen molar-refractivity contribution in [3.63, 3.8) is 0 Å². The van der Waals surface area contributed by atoms with Gasteiger partial charge in [-0.25, -0.2) is 4.98 Å². The lowest BCUT2D eigenvalue weighted by molar-refractivity contribution is 0.198. The number of fused-ring (bicyclic) bond motifs is 1. The summed E-state index contributed by atoms with van der Waals surface area (Å²) in [6.45, 7) is 6.37. The third kappa shape index (κ3) is 1.70. The molecule has 1 aliphatic heterocycles. The molecular formula is C10H16N4. The Balaban J connectivity index is 2.23. The van der Waals surface area contributed by atoms with E-state index in [2.05, 4.69) is 28.7 Å². The second kappa shape index (κ2) is 3.53. The molecule has 0 saturated carbocycles. The average Bonchev–Trinajstić information content (AvgIpc) is 2.16. The molecule has 4 heteroatoms. The van der Waals surface area contributed by atoms with E-state index in [-0.39, 0.29) is 0 Å². The van der Waals surface area contributed by atoms with E-state index in [1.165, 1.54) is 0 Å². The molecule has 0 fully saturated rings. The summed E-state index contributed by atoms with van der Waals surface area (Å²) in [5, 5.41) is 0.